The highest BCUT2D eigenvalue weighted by Gasteiger charge is 2.22. The Morgan fingerprint density at radius 1 is 1.19 bits per heavy atom. The zero-order chi connectivity index (χ0) is 18.6. The molecule has 142 valence electrons. The maximum Gasteiger partial charge on any atom is 0.321 e. The summed E-state index contributed by atoms with van der Waals surface area (Å²) in [7, 11) is 0. The summed E-state index contributed by atoms with van der Waals surface area (Å²) in [6.45, 7) is 2.03. The molecule has 2 heterocycles. The van der Waals surface area contributed by atoms with E-state index < -0.39 is 0 Å². The van der Waals surface area contributed by atoms with E-state index in [9.17, 15) is 9.90 Å². The lowest BCUT2D eigenvalue weighted by molar-refractivity contribution is 0.0958. The van der Waals surface area contributed by atoms with Gasteiger partial charge in [-0.3, -0.25) is 0 Å². The number of nitrogens with one attached hydrogen (secondary N) is 2. The monoisotopic (exact) mass is 367 g/mol. The number of hydrogen-bond acceptors (Lipinski definition) is 4. The average Bonchev–Trinajstić information content (AvgIpc) is 3.04. The topological polar surface area (TPSA) is 73.8 Å². The van der Waals surface area contributed by atoms with Crippen LogP contribution in [-0.4, -0.2) is 48.9 Å². The van der Waals surface area contributed by atoms with Crippen LogP contribution in [0.4, 0.5) is 21.9 Å². The fourth-order valence-corrected chi connectivity index (χ4v) is 3.64. The molecule has 1 saturated heterocycles. The molecule has 0 unspecified atom stereocenters. The molecule has 2 aliphatic rings. The highest BCUT2D eigenvalue weighted by Crippen LogP contribution is 2.31. The van der Waals surface area contributed by atoms with Gasteiger partial charge in [0.2, 0.25) is 0 Å². The maximum atomic E-state index is 12.7. The van der Waals surface area contributed by atoms with E-state index in [1.54, 1.807) is 4.90 Å². The Balaban J connectivity index is 1.49. The smallest absolute Gasteiger partial charge is 0.321 e. The van der Waals surface area contributed by atoms with Crippen LogP contribution in [0.2, 0.25) is 0 Å². The van der Waals surface area contributed by atoms with Crippen LogP contribution in [0.25, 0.3) is 0 Å². The summed E-state index contributed by atoms with van der Waals surface area (Å²) in [6.07, 6.45) is 1.97. The van der Waals surface area contributed by atoms with Gasteiger partial charge in [0.15, 0.2) is 0 Å². The number of ether oxygens (including phenoxy) is 1. The molecule has 3 N–H and O–H groups in total. The minimum atomic E-state index is -0.159. The summed E-state index contributed by atoms with van der Waals surface area (Å²) in [5.74, 6) is -0.0385. The van der Waals surface area contributed by atoms with Crippen LogP contribution in [0.15, 0.2) is 42.5 Å². The number of aryl methyl sites for hydroxylation is 2. The van der Waals surface area contributed by atoms with Crippen LogP contribution in [-0.2, 0) is 17.6 Å². The number of amides is 2. The van der Waals surface area contributed by atoms with Crippen LogP contribution in [0, 0.1) is 5.92 Å². The molecule has 1 atom stereocenters. The number of urea groups is 1. The Kier molecular flexibility index (Phi) is 5.27. The number of carbonyl (C=O) groups excluding carboxylic acids is 1. The molecule has 2 amide bonds. The summed E-state index contributed by atoms with van der Waals surface area (Å²) in [5.41, 5.74) is 5.46. The number of rotatable bonds is 2. The molecule has 2 aromatic carbocycles. The maximum absolute atomic E-state index is 12.7. The normalized spacial score (nSPS) is 19.1. The van der Waals surface area contributed by atoms with Crippen molar-refractivity contribution < 1.29 is 14.6 Å². The number of nitrogens with zero attached hydrogens (tertiary/aromatic N) is 1. The van der Waals surface area contributed by atoms with Crippen LogP contribution in [0.1, 0.15) is 11.1 Å². The molecule has 0 aliphatic carbocycles. The van der Waals surface area contributed by atoms with Crippen molar-refractivity contribution >= 4 is 23.1 Å². The molecule has 6 nitrogen and oxygen atoms in total. The number of para-hydroxylation sites is 1. The fraction of sp³-hybridized carbons (Fsp3) is 0.381. The number of carbonyl (C=O) groups is 1. The third kappa shape index (κ3) is 4.07. The van der Waals surface area contributed by atoms with Crippen molar-refractivity contribution in [2.75, 3.05) is 43.5 Å². The summed E-state index contributed by atoms with van der Waals surface area (Å²) in [6, 6.07) is 14.2. The van der Waals surface area contributed by atoms with Gasteiger partial charge in [0.05, 0.1) is 13.2 Å². The molecule has 0 saturated carbocycles. The van der Waals surface area contributed by atoms with Gasteiger partial charge < -0.3 is 25.4 Å². The minimum Gasteiger partial charge on any atom is -0.396 e. The molecule has 2 aromatic rings. The van der Waals surface area contributed by atoms with E-state index in [1.807, 2.05) is 18.2 Å². The summed E-state index contributed by atoms with van der Waals surface area (Å²) < 4.78 is 5.46. The SMILES string of the molecule is O=C(Nc1ccc2c(c1)Nc1ccccc1CC2)N1CCOC[C@H](CO)C1. The van der Waals surface area contributed by atoms with Gasteiger partial charge in [-0.15, -0.1) is 0 Å². The first-order valence-electron chi connectivity index (χ1n) is 9.45. The Labute approximate surface area is 159 Å². The van der Waals surface area contributed by atoms with Crippen molar-refractivity contribution in [3.8, 4) is 0 Å². The van der Waals surface area contributed by atoms with E-state index in [1.165, 1.54) is 11.1 Å². The minimum absolute atomic E-state index is 0.0198. The van der Waals surface area contributed by atoms with Crippen molar-refractivity contribution in [3.05, 3.63) is 53.6 Å². The van der Waals surface area contributed by atoms with Gasteiger partial charge in [0.1, 0.15) is 0 Å². The van der Waals surface area contributed by atoms with Crippen LogP contribution in [0.5, 0.6) is 0 Å². The van der Waals surface area contributed by atoms with Gasteiger partial charge in [-0.05, 0) is 42.2 Å². The lowest BCUT2D eigenvalue weighted by Gasteiger charge is -2.23. The van der Waals surface area contributed by atoms with E-state index in [-0.39, 0.29) is 18.6 Å². The molecule has 0 radical (unpaired) electrons. The highest BCUT2D eigenvalue weighted by molar-refractivity contribution is 5.90. The molecule has 27 heavy (non-hydrogen) atoms. The molecule has 0 spiro atoms. The van der Waals surface area contributed by atoms with E-state index in [2.05, 4.69) is 34.9 Å². The van der Waals surface area contributed by atoms with Gasteiger partial charge in [-0.25, -0.2) is 4.79 Å². The van der Waals surface area contributed by atoms with Crippen molar-refractivity contribution in [2.45, 2.75) is 12.8 Å². The first kappa shape index (κ1) is 17.8. The molecular weight excluding hydrogens is 342 g/mol. The quantitative estimate of drug-likeness (QED) is 0.763. The zero-order valence-corrected chi connectivity index (χ0v) is 15.3. The van der Waals surface area contributed by atoms with Crippen molar-refractivity contribution in [1.29, 1.82) is 0 Å². The second-order valence-electron chi connectivity index (χ2n) is 7.15. The van der Waals surface area contributed by atoms with Gasteiger partial charge in [0.25, 0.3) is 0 Å². The summed E-state index contributed by atoms with van der Waals surface area (Å²) in [5, 5.41) is 15.9. The standard InChI is InChI=1S/C21H25N3O3/c25-13-15-12-24(9-10-27-14-15)21(26)22-18-8-7-17-6-5-16-3-1-2-4-19(16)23-20(17)11-18/h1-4,7-8,11,15,23,25H,5-6,9-10,12-14H2,(H,22,26)/t15-/m0/s1. The largest absolute Gasteiger partial charge is 0.396 e. The number of benzene rings is 2. The Bertz CT molecular complexity index is 824. The first-order chi connectivity index (χ1) is 13.2. The summed E-state index contributed by atoms with van der Waals surface area (Å²) in [4.78, 5) is 14.4. The van der Waals surface area contributed by atoms with Crippen LogP contribution in [0.3, 0.4) is 0 Å². The van der Waals surface area contributed by atoms with Crippen molar-refractivity contribution in [2.24, 2.45) is 5.92 Å². The molecule has 6 heteroatoms. The predicted molar refractivity (Wildman–Crippen MR) is 106 cm³/mol. The zero-order valence-electron chi connectivity index (χ0n) is 15.3. The Hall–Kier alpha value is -2.57. The first-order valence-corrected chi connectivity index (χ1v) is 9.45. The van der Waals surface area contributed by atoms with Crippen molar-refractivity contribution in [1.82, 2.24) is 4.90 Å². The number of aliphatic hydroxyl groups is 1. The molecule has 0 bridgehead atoms. The molecule has 4 rings (SSSR count). The van der Waals surface area contributed by atoms with Gasteiger partial charge in [0, 0.05) is 42.7 Å². The van der Waals surface area contributed by atoms with Gasteiger partial charge >= 0.3 is 6.03 Å². The molecule has 1 fully saturated rings. The number of fused-ring (bicyclic) bond motifs is 2. The third-order valence-corrected chi connectivity index (χ3v) is 5.19. The average molecular weight is 367 g/mol. The molecular formula is C21H25N3O3. The fourth-order valence-electron chi connectivity index (χ4n) is 3.64. The van der Waals surface area contributed by atoms with Gasteiger partial charge in [-0.2, -0.15) is 0 Å². The molecule has 0 aromatic heterocycles. The lowest BCUT2D eigenvalue weighted by atomic mass is 10.0. The highest BCUT2D eigenvalue weighted by atomic mass is 16.5. The second-order valence-corrected chi connectivity index (χ2v) is 7.15. The van der Waals surface area contributed by atoms with E-state index in [4.69, 9.17) is 4.74 Å². The van der Waals surface area contributed by atoms with Crippen LogP contribution < -0.4 is 10.6 Å². The van der Waals surface area contributed by atoms with Gasteiger partial charge in [-0.1, -0.05) is 24.3 Å². The number of anilines is 3. The van der Waals surface area contributed by atoms with E-state index in [0.29, 0.717) is 26.3 Å². The van der Waals surface area contributed by atoms with E-state index in [0.717, 1.165) is 29.9 Å². The number of hydrogen-bond donors (Lipinski definition) is 3. The second kappa shape index (κ2) is 7.98. The Morgan fingerprint density at radius 2 is 2.00 bits per heavy atom. The lowest BCUT2D eigenvalue weighted by Crippen LogP contribution is -2.39. The van der Waals surface area contributed by atoms with Crippen LogP contribution >= 0.6 is 0 Å². The Morgan fingerprint density at radius 3 is 2.85 bits per heavy atom. The number of aliphatic hydroxyl groups excluding tert-OH is 1. The summed E-state index contributed by atoms with van der Waals surface area (Å²) >= 11 is 0. The predicted octanol–water partition coefficient (Wildman–Crippen LogP) is 3.00. The van der Waals surface area contributed by atoms with E-state index >= 15 is 0 Å². The third-order valence-electron chi connectivity index (χ3n) is 5.19. The molecule has 2 aliphatic heterocycles. The van der Waals surface area contributed by atoms with Crippen molar-refractivity contribution in [3.63, 3.8) is 0 Å².